The van der Waals surface area contributed by atoms with Crippen LogP contribution in [0.5, 0.6) is 5.75 Å². The predicted octanol–water partition coefficient (Wildman–Crippen LogP) is 4.60. The molecule has 3 N–H and O–H groups in total. The van der Waals surface area contributed by atoms with Crippen LogP contribution in [0.15, 0.2) is 36.4 Å². The molecule has 0 bridgehead atoms. The van der Waals surface area contributed by atoms with Gasteiger partial charge in [0.2, 0.25) is 5.91 Å². The Bertz CT molecular complexity index is 941. The number of aliphatic hydroxyl groups excluding tert-OH is 2. The predicted molar refractivity (Wildman–Crippen MR) is 134 cm³/mol. The summed E-state index contributed by atoms with van der Waals surface area (Å²) in [6.07, 6.45) is 1.37. The topological polar surface area (TPSA) is 78.8 Å². The molecule has 0 unspecified atom stereocenters. The fourth-order valence-corrected chi connectivity index (χ4v) is 4.41. The first-order chi connectivity index (χ1) is 15.5. The Morgan fingerprint density at radius 3 is 2.06 bits per heavy atom. The highest BCUT2D eigenvalue weighted by Gasteiger charge is 2.31. The molecule has 5 nitrogen and oxygen atoms in total. The van der Waals surface area contributed by atoms with E-state index >= 15 is 0 Å². The maximum atomic E-state index is 12.4. The van der Waals surface area contributed by atoms with Gasteiger partial charge >= 0.3 is 0 Å². The third-order valence-electron chi connectivity index (χ3n) is 6.34. The van der Waals surface area contributed by atoms with Gasteiger partial charge in [0, 0.05) is 11.0 Å². The summed E-state index contributed by atoms with van der Waals surface area (Å²) in [7, 11) is 0. The maximum Gasteiger partial charge on any atom is 0.224 e. The number of carbonyl (C=O) groups excluding carboxylic acids is 1. The Morgan fingerprint density at radius 2 is 1.58 bits per heavy atom. The second-order valence-corrected chi connectivity index (χ2v) is 10.0. The zero-order chi connectivity index (χ0) is 24.8. The molecule has 1 atom stereocenters. The van der Waals surface area contributed by atoms with E-state index in [1.165, 1.54) is 11.1 Å². The van der Waals surface area contributed by atoms with Crippen LogP contribution in [-0.4, -0.2) is 41.0 Å². The standard InChI is InChI=1S/C28H41NO4/c1-8-28(9-2,23-12-13-25(20(4)15-23)33-18-24(31)17-30)22-11-10-21(19(3)14-22)16-26(32)29-27(5,6)7/h10-15,24,30-31H,8-9,16-18H2,1-7H3,(H,29,32)/t24-/m1/s1. The molecule has 0 aromatic heterocycles. The largest absolute Gasteiger partial charge is 0.491 e. The molecule has 0 aliphatic carbocycles. The van der Waals surface area contributed by atoms with Gasteiger partial charge in [-0.15, -0.1) is 0 Å². The Morgan fingerprint density at radius 1 is 1.00 bits per heavy atom. The molecule has 2 rings (SSSR count). The highest BCUT2D eigenvalue weighted by Crippen LogP contribution is 2.41. The molecular formula is C28H41NO4. The molecule has 182 valence electrons. The van der Waals surface area contributed by atoms with Gasteiger partial charge in [-0.2, -0.15) is 0 Å². The van der Waals surface area contributed by atoms with E-state index in [1.807, 2.05) is 33.8 Å². The fraction of sp³-hybridized carbons (Fsp3) is 0.536. The van der Waals surface area contributed by atoms with Gasteiger partial charge in [-0.05, 0) is 81.3 Å². The van der Waals surface area contributed by atoms with Crippen molar-refractivity contribution < 1.29 is 19.7 Å². The van der Waals surface area contributed by atoms with Crippen molar-refractivity contribution in [3.8, 4) is 5.75 Å². The summed E-state index contributed by atoms with van der Waals surface area (Å²) in [5.74, 6) is 0.747. The number of nitrogens with one attached hydrogen (secondary N) is 1. The summed E-state index contributed by atoms with van der Waals surface area (Å²) >= 11 is 0. The van der Waals surface area contributed by atoms with E-state index < -0.39 is 6.10 Å². The first kappa shape index (κ1) is 26.9. The Balaban J connectivity index is 2.34. The van der Waals surface area contributed by atoms with E-state index in [4.69, 9.17) is 9.84 Å². The van der Waals surface area contributed by atoms with Crippen LogP contribution in [0, 0.1) is 13.8 Å². The van der Waals surface area contributed by atoms with E-state index in [-0.39, 0.29) is 30.1 Å². The van der Waals surface area contributed by atoms with Crippen molar-refractivity contribution >= 4 is 5.91 Å². The number of ether oxygens (including phenoxy) is 1. The van der Waals surface area contributed by atoms with E-state index in [9.17, 15) is 9.90 Å². The number of rotatable bonds is 10. The highest BCUT2D eigenvalue weighted by molar-refractivity contribution is 5.79. The van der Waals surface area contributed by atoms with Crippen LogP contribution in [-0.2, 0) is 16.6 Å². The number of carbonyl (C=O) groups is 1. The zero-order valence-electron chi connectivity index (χ0n) is 21.3. The lowest BCUT2D eigenvalue weighted by atomic mass is 9.69. The molecule has 0 radical (unpaired) electrons. The number of amides is 1. The van der Waals surface area contributed by atoms with Gasteiger partial charge in [0.15, 0.2) is 0 Å². The van der Waals surface area contributed by atoms with Gasteiger partial charge in [0.25, 0.3) is 0 Å². The smallest absolute Gasteiger partial charge is 0.224 e. The molecule has 0 spiro atoms. The molecule has 2 aromatic carbocycles. The Labute approximate surface area is 199 Å². The van der Waals surface area contributed by atoms with Crippen LogP contribution in [0.3, 0.4) is 0 Å². The average molecular weight is 456 g/mol. The first-order valence-electron chi connectivity index (χ1n) is 11.9. The van der Waals surface area contributed by atoms with Gasteiger partial charge in [-0.25, -0.2) is 0 Å². The molecule has 2 aromatic rings. The normalized spacial score (nSPS) is 13.0. The molecular weight excluding hydrogens is 414 g/mol. The minimum absolute atomic E-state index is 0.0353. The lowest BCUT2D eigenvalue weighted by molar-refractivity contribution is -0.121. The van der Waals surface area contributed by atoms with Crippen LogP contribution < -0.4 is 10.1 Å². The second kappa shape index (κ2) is 11.2. The zero-order valence-corrected chi connectivity index (χ0v) is 21.3. The molecule has 0 saturated heterocycles. The van der Waals surface area contributed by atoms with Gasteiger partial charge in [0.1, 0.15) is 18.5 Å². The van der Waals surface area contributed by atoms with Crippen LogP contribution in [0.2, 0.25) is 0 Å². The molecule has 0 heterocycles. The third-order valence-corrected chi connectivity index (χ3v) is 6.34. The van der Waals surface area contributed by atoms with Crippen LogP contribution in [0.4, 0.5) is 0 Å². The number of hydrogen-bond donors (Lipinski definition) is 3. The van der Waals surface area contributed by atoms with Crippen molar-refractivity contribution in [3.63, 3.8) is 0 Å². The third kappa shape index (κ3) is 6.81. The first-order valence-corrected chi connectivity index (χ1v) is 11.9. The maximum absolute atomic E-state index is 12.4. The number of benzene rings is 2. The summed E-state index contributed by atoms with van der Waals surface area (Å²) in [6, 6.07) is 12.7. The minimum Gasteiger partial charge on any atom is -0.491 e. The van der Waals surface area contributed by atoms with Crippen molar-refractivity contribution in [2.45, 2.75) is 84.8 Å². The van der Waals surface area contributed by atoms with Crippen molar-refractivity contribution in [2.24, 2.45) is 0 Å². The molecule has 0 aliphatic heterocycles. The highest BCUT2D eigenvalue weighted by atomic mass is 16.5. The fourth-order valence-electron chi connectivity index (χ4n) is 4.41. The molecule has 0 saturated carbocycles. The summed E-state index contributed by atoms with van der Waals surface area (Å²) in [6.45, 7) is 14.2. The van der Waals surface area contributed by atoms with Gasteiger partial charge in [0.05, 0.1) is 13.0 Å². The van der Waals surface area contributed by atoms with E-state index in [0.29, 0.717) is 12.2 Å². The second-order valence-electron chi connectivity index (χ2n) is 10.0. The lowest BCUT2D eigenvalue weighted by Crippen LogP contribution is -2.41. The minimum atomic E-state index is -0.888. The molecule has 0 aliphatic rings. The van der Waals surface area contributed by atoms with Gasteiger partial charge in [-0.1, -0.05) is 44.2 Å². The summed E-state index contributed by atoms with van der Waals surface area (Å²) in [5, 5.41) is 21.6. The summed E-state index contributed by atoms with van der Waals surface area (Å²) < 4.78 is 5.69. The number of hydrogen-bond acceptors (Lipinski definition) is 4. The Hall–Kier alpha value is -2.37. The lowest BCUT2D eigenvalue weighted by Gasteiger charge is -2.34. The molecule has 1 amide bonds. The molecule has 33 heavy (non-hydrogen) atoms. The quantitative estimate of drug-likeness (QED) is 0.489. The number of aryl methyl sites for hydroxylation is 2. The van der Waals surface area contributed by atoms with Crippen LogP contribution in [0.1, 0.15) is 75.3 Å². The van der Waals surface area contributed by atoms with Crippen molar-refractivity contribution in [1.29, 1.82) is 0 Å². The van der Waals surface area contributed by atoms with Gasteiger partial charge < -0.3 is 20.3 Å². The SMILES string of the molecule is CCC(CC)(c1ccc(CC(=O)NC(C)(C)C)c(C)c1)c1ccc(OC[C@H](O)CO)c(C)c1. The summed E-state index contributed by atoms with van der Waals surface area (Å²) in [5.41, 5.74) is 5.24. The molecule has 0 fully saturated rings. The number of aliphatic hydroxyl groups is 2. The van der Waals surface area contributed by atoms with Crippen molar-refractivity contribution in [2.75, 3.05) is 13.2 Å². The van der Waals surface area contributed by atoms with E-state index in [2.05, 4.69) is 56.4 Å². The van der Waals surface area contributed by atoms with Crippen molar-refractivity contribution in [3.05, 3.63) is 64.2 Å². The van der Waals surface area contributed by atoms with Crippen LogP contribution >= 0.6 is 0 Å². The van der Waals surface area contributed by atoms with Crippen LogP contribution in [0.25, 0.3) is 0 Å². The summed E-state index contributed by atoms with van der Waals surface area (Å²) in [4.78, 5) is 12.4. The Kier molecular flexibility index (Phi) is 9.10. The monoisotopic (exact) mass is 455 g/mol. The van der Waals surface area contributed by atoms with Gasteiger partial charge in [-0.3, -0.25) is 4.79 Å². The average Bonchev–Trinajstić information content (AvgIpc) is 2.74. The van der Waals surface area contributed by atoms with Crippen molar-refractivity contribution in [1.82, 2.24) is 5.32 Å². The molecule has 5 heteroatoms. The van der Waals surface area contributed by atoms with E-state index in [0.717, 1.165) is 29.5 Å². The van der Waals surface area contributed by atoms with E-state index in [1.54, 1.807) is 0 Å².